The Morgan fingerprint density at radius 3 is 2.34 bits per heavy atom. The second-order valence-corrected chi connectivity index (χ2v) is 7.07. The third-order valence-corrected chi connectivity index (χ3v) is 5.45. The maximum atomic E-state index is 5.61. The van der Waals surface area contributed by atoms with Crippen molar-refractivity contribution < 1.29 is 14.2 Å². The first-order chi connectivity index (χ1) is 14.2. The van der Waals surface area contributed by atoms with Gasteiger partial charge in [0.15, 0.2) is 17.3 Å². The van der Waals surface area contributed by atoms with E-state index in [1.54, 1.807) is 39.9 Å². The lowest BCUT2D eigenvalue weighted by Crippen LogP contribution is -2.35. The standard InChI is InChI=1S/C21H25N5O3/c1-27-17-12-15-16(19(28-2)20(17)29-3)13-24-25-21(15)26-9-5-14(6-10-26)11-18-22-7-4-8-23-18/h4,7-8,12-14H,5-6,9-11H2,1-3H3. The van der Waals surface area contributed by atoms with Crippen molar-refractivity contribution in [3.63, 3.8) is 0 Å². The minimum atomic E-state index is 0.558. The van der Waals surface area contributed by atoms with Crippen LogP contribution in [0, 0.1) is 5.92 Å². The van der Waals surface area contributed by atoms with Crippen molar-refractivity contribution in [1.29, 1.82) is 0 Å². The summed E-state index contributed by atoms with van der Waals surface area (Å²) in [6.07, 6.45) is 8.34. The van der Waals surface area contributed by atoms with Gasteiger partial charge in [0.05, 0.1) is 32.9 Å². The highest BCUT2D eigenvalue weighted by atomic mass is 16.5. The fraction of sp³-hybridized carbons (Fsp3) is 0.429. The van der Waals surface area contributed by atoms with E-state index < -0.39 is 0 Å². The second-order valence-electron chi connectivity index (χ2n) is 7.07. The highest BCUT2D eigenvalue weighted by Gasteiger charge is 2.25. The topological polar surface area (TPSA) is 82.5 Å². The monoisotopic (exact) mass is 395 g/mol. The number of aromatic nitrogens is 4. The van der Waals surface area contributed by atoms with E-state index in [9.17, 15) is 0 Å². The Kier molecular flexibility index (Phi) is 5.59. The first-order valence-corrected chi connectivity index (χ1v) is 9.70. The van der Waals surface area contributed by atoms with Gasteiger partial charge in [-0.15, -0.1) is 5.10 Å². The summed E-state index contributed by atoms with van der Waals surface area (Å²) in [6.45, 7) is 1.81. The Labute approximate surface area is 169 Å². The maximum Gasteiger partial charge on any atom is 0.204 e. The molecule has 3 heterocycles. The SMILES string of the molecule is COc1cc2c(N3CCC(Cc4ncccn4)CC3)nncc2c(OC)c1OC. The van der Waals surface area contributed by atoms with Gasteiger partial charge >= 0.3 is 0 Å². The molecule has 0 aliphatic carbocycles. The van der Waals surface area contributed by atoms with Crippen molar-refractivity contribution in [1.82, 2.24) is 20.2 Å². The lowest BCUT2D eigenvalue weighted by Gasteiger charge is -2.33. The zero-order valence-corrected chi connectivity index (χ0v) is 17.0. The Bertz CT molecular complexity index is 975. The van der Waals surface area contributed by atoms with Gasteiger partial charge in [0, 0.05) is 37.3 Å². The van der Waals surface area contributed by atoms with E-state index in [2.05, 4.69) is 25.1 Å². The summed E-state index contributed by atoms with van der Waals surface area (Å²) in [5.74, 6) is 4.11. The lowest BCUT2D eigenvalue weighted by molar-refractivity contribution is 0.327. The van der Waals surface area contributed by atoms with E-state index in [1.165, 1.54) is 0 Å². The van der Waals surface area contributed by atoms with Crippen LogP contribution in [-0.4, -0.2) is 54.6 Å². The molecule has 1 aromatic carbocycles. The number of piperidine rings is 1. The van der Waals surface area contributed by atoms with Crippen LogP contribution in [0.25, 0.3) is 10.8 Å². The molecule has 0 bridgehead atoms. The first kappa shape index (κ1) is 19.2. The number of rotatable bonds is 6. The number of fused-ring (bicyclic) bond motifs is 1. The van der Waals surface area contributed by atoms with Crippen LogP contribution in [0.5, 0.6) is 17.2 Å². The number of benzene rings is 1. The molecule has 152 valence electrons. The summed E-state index contributed by atoms with van der Waals surface area (Å²) >= 11 is 0. The van der Waals surface area contributed by atoms with Crippen molar-refractivity contribution in [2.24, 2.45) is 5.92 Å². The minimum absolute atomic E-state index is 0.558. The van der Waals surface area contributed by atoms with Crippen LogP contribution in [0.3, 0.4) is 0 Å². The number of anilines is 1. The molecule has 8 heteroatoms. The first-order valence-electron chi connectivity index (χ1n) is 9.70. The third kappa shape index (κ3) is 3.74. The fourth-order valence-electron chi connectivity index (χ4n) is 3.96. The van der Waals surface area contributed by atoms with Gasteiger partial charge in [-0.25, -0.2) is 9.97 Å². The number of methoxy groups -OCH3 is 3. The molecule has 2 aromatic heterocycles. The molecule has 1 fully saturated rings. The molecule has 0 amide bonds. The Morgan fingerprint density at radius 1 is 0.966 bits per heavy atom. The van der Waals surface area contributed by atoms with Gasteiger partial charge in [-0.05, 0) is 30.9 Å². The van der Waals surface area contributed by atoms with Gasteiger partial charge in [-0.3, -0.25) is 0 Å². The zero-order chi connectivity index (χ0) is 20.2. The van der Waals surface area contributed by atoms with Gasteiger partial charge in [0.1, 0.15) is 5.82 Å². The number of ether oxygens (including phenoxy) is 3. The van der Waals surface area contributed by atoms with Gasteiger partial charge in [0.25, 0.3) is 0 Å². The molecule has 8 nitrogen and oxygen atoms in total. The van der Waals surface area contributed by atoms with Crippen LogP contribution in [0.15, 0.2) is 30.7 Å². The molecule has 1 aliphatic rings. The molecule has 0 spiro atoms. The van der Waals surface area contributed by atoms with Crippen LogP contribution >= 0.6 is 0 Å². The average molecular weight is 395 g/mol. The maximum absolute atomic E-state index is 5.61. The summed E-state index contributed by atoms with van der Waals surface area (Å²) in [4.78, 5) is 11.0. The highest BCUT2D eigenvalue weighted by molar-refractivity contribution is 5.99. The molecular formula is C21H25N5O3. The van der Waals surface area contributed by atoms with Crippen molar-refractivity contribution in [2.75, 3.05) is 39.3 Å². The summed E-state index contributed by atoms with van der Waals surface area (Å²) in [7, 11) is 4.84. The molecule has 3 aromatic rings. The summed E-state index contributed by atoms with van der Waals surface area (Å²) in [5.41, 5.74) is 0. The van der Waals surface area contributed by atoms with Gasteiger partial charge in [0.2, 0.25) is 5.75 Å². The molecule has 0 N–H and O–H groups in total. The van der Waals surface area contributed by atoms with Gasteiger partial charge < -0.3 is 19.1 Å². The normalized spacial score (nSPS) is 14.8. The van der Waals surface area contributed by atoms with E-state index >= 15 is 0 Å². The lowest BCUT2D eigenvalue weighted by atomic mass is 9.93. The highest BCUT2D eigenvalue weighted by Crippen LogP contribution is 2.45. The fourth-order valence-corrected chi connectivity index (χ4v) is 3.96. The Morgan fingerprint density at radius 2 is 1.69 bits per heavy atom. The zero-order valence-electron chi connectivity index (χ0n) is 17.0. The molecule has 4 rings (SSSR count). The quantitative estimate of drug-likeness (QED) is 0.630. The van der Waals surface area contributed by atoms with Crippen LogP contribution in [0.2, 0.25) is 0 Å². The molecule has 0 saturated carbocycles. The smallest absolute Gasteiger partial charge is 0.204 e. The minimum Gasteiger partial charge on any atom is -0.493 e. The van der Waals surface area contributed by atoms with Crippen molar-refractivity contribution >= 4 is 16.6 Å². The number of hydrogen-bond acceptors (Lipinski definition) is 8. The van der Waals surface area contributed by atoms with Crippen LogP contribution in [0.4, 0.5) is 5.82 Å². The number of nitrogens with zero attached hydrogens (tertiary/aromatic N) is 5. The molecule has 29 heavy (non-hydrogen) atoms. The van der Waals surface area contributed by atoms with Crippen LogP contribution in [-0.2, 0) is 6.42 Å². The van der Waals surface area contributed by atoms with Crippen LogP contribution in [0.1, 0.15) is 18.7 Å². The van der Waals surface area contributed by atoms with E-state index in [4.69, 9.17) is 14.2 Å². The predicted octanol–water partition coefficient (Wildman–Crippen LogP) is 2.90. The summed E-state index contributed by atoms with van der Waals surface area (Å²) < 4.78 is 16.6. The molecule has 0 atom stereocenters. The molecule has 1 saturated heterocycles. The Hall–Kier alpha value is -3.16. The van der Waals surface area contributed by atoms with E-state index in [-0.39, 0.29) is 0 Å². The Balaban J connectivity index is 1.60. The molecule has 0 unspecified atom stereocenters. The van der Waals surface area contributed by atoms with E-state index in [1.807, 2.05) is 12.1 Å². The largest absolute Gasteiger partial charge is 0.493 e. The average Bonchev–Trinajstić information content (AvgIpc) is 2.78. The third-order valence-electron chi connectivity index (χ3n) is 5.45. The summed E-state index contributed by atoms with van der Waals surface area (Å²) in [6, 6.07) is 3.80. The van der Waals surface area contributed by atoms with E-state index in [0.717, 1.165) is 54.8 Å². The van der Waals surface area contributed by atoms with Crippen molar-refractivity contribution in [3.8, 4) is 17.2 Å². The predicted molar refractivity (Wildman–Crippen MR) is 110 cm³/mol. The molecule has 0 radical (unpaired) electrons. The van der Waals surface area contributed by atoms with Crippen molar-refractivity contribution in [3.05, 3.63) is 36.5 Å². The second kappa shape index (κ2) is 8.46. The van der Waals surface area contributed by atoms with Gasteiger partial charge in [-0.2, -0.15) is 5.10 Å². The molecule has 1 aliphatic heterocycles. The van der Waals surface area contributed by atoms with E-state index in [0.29, 0.717) is 23.2 Å². The van der Waals surface area contributed by atoms with Crippen LogP contribution < -0.4 is 19.1 Å². The van der Waals surface area contributed by atoms with Gasteiger partial charge in [-0.1, -0.05) is 0 Å². The van der Waals surface area contributed by atoms with Crippen molar-refractivity contribution in [2.45, 2.75) is 19.3 Å². The number of hydrogen-bond donors (Lipinski definition) is 0. The summed E-state index contributed by atoms with van der Waals surface area (Å²) in [5, 5.41) is 10.5. The molecular weight excluding hydrogens is 370 g/mol.